The van der Waals surface area contributed by atoms with Gasteiger partial charge in [-0.05, 0) is 25.8 Å². The summed E-state index contributed by atoms with van der Waals surface area (Å²) in [5.74, 6) is -0.573. The van der Waals surface area contributed by atoms with Crippen molar-refractivity contribution in [2.75, 3.05) is 39.3 Å². The summed E-state index contributed by atoms with van der Waals surface area (Å²) in [7, 11) is 0. The second kappa shape index (κ2) is 6.02. The molecule has 1 aliphatic heterocycles. The summed E-state index contributed by atoms with van der Waals surface area (Å²) in [5.41, 5.74) is -0.438. The number of carboxylic acids is 1. The zero-order valence-electron chi connectivity index (χ0n) is 11.5. The highest BCUT2D eigenvalue weighted by atomic mass is 16.4. The van der Waals surface area contributed by atoms with Gasteiger partial charge in [0.25, 0.3) is 0 Å². The van der Waals surface area contributed by atoms with Gasteiger partial charge < -0.3 is 10.0 Å². The van der Waals surface area contributed by atoms with Crippen LogP contribution in [0.2, 0.25) is 0 Å². The van der Waals surface area contributed by atoms with Crippen molar-refractivity contribution in [3.05, 3.63) is 0 Å². The summed E-state index contributed by atoms with van der Waals surface area (Å²) in [6, 6.07) is 0. The van der Waals surface area contributed by atoms with Gasteiger partial charge in [0.05, 0.1) is 5.41 Å². The first-order valence-electron chi connectivity index (χ1n) is 7.34. The molecule has 0 radical (unpaired) electrons. The summed E-state index contributed by atoms with van der Waals surface area (Å²) >= 11 is 0. The van der Waals surface area contributed by atoms with Gasteiger partial charge in [-0.3, -0.25) is 9.69 Å². The number of piperazine rings is 1. The molecule has 1 aliphatic carbocycles. The van der Waals surface area contributed by atoms with Gasteiger partial charge in [0.1, 0.15) is 0 Å². The van der Waals surface area contributed by atoms with Crippen LogP contribution in [0.5, 0.6) is 0 Å². The summed E-state index contributed by atoms with van der Waals surface area (Å²) < 4.78 is 0. The predicted octanol–water partition coefficient (Wildman–Crippen LogP) is 1.66. The smallest absolute Gasteiger partial charge is 0.310 e. The summed E-state index contributed by atoms with van der Waals surface area (Å²) in [6.07, 6.45) is 5.12. The van der Waals surface area contributed by atoms with E-state index in [2.05, 4.69) is 16.7 Å². The fourth-order valence-electron chi connectivity index (χ4n) is 3.41. The average molecular weight is 254 g/mol. The number of carboxylic acid groups (broad SMARTS) is 1. The Kier molecular flexibility index (Phi) is 4.62. The first-order valence-corrected chi connectivity index (χ1v) is 7.34. The van der Waals surface area contributed by atoms with Crippen LogP contribution in [0.1, 0.15) is 39.0 Å². The molecular weight excluding hydrogens is 228 g/mol. The molecule has 2 rings (SSSR count). The van der Waals surface area contributed by atoms with Crippen LogP contribution in [0.4, 0.5) is 0 Å². The number of carbonyl (C=O) groups is 1. The molecule has 2 fully saturated rings. The van der Waals surface area contributed by atoms with Gasteiger partial charge >= 0.3 is 5.97 Å². The Morgan fingerprint density at radius 3 is 2.17 bits per heavy atom. The minimum atomic E-state index is -0.573. The number of hydrogen-bond acceptors (Lipinski definition) is 3. The Labute approximate surface area is 110 Å². The standard InChI is InChI=1S/C14H26N2O2/c1-2-7-15-8-10-16(11-9-15)12-14(13(17)18)5-3-4-6-14/h2-12H2,1H3,(H,17,18). The van der Waals surface area contributed by atoms with E-state index in [0.717, 1.165) is 58.4 Å². The first kappa shape index (κ1) is 13.8. The zero-order valence-corrected chi connectivity index (χ0v) is 11.5. The lowest BCUT2D eigenvalue weighted by Crippen LogP contribution is -2.51. The molecule has 0 aromatic carbocycles. The molecule has 1 saturated heterocycles. The van der Waals surface area contributed by atoms with E-state index in [1.165, 1.54) is 13.0 Å². The monoisotopic (exact) mass is 254 g/mol. The van der Waals surface area contributed by atoms with Crippen LogP contribution in [0, 0.1) is 5.41 Å². The lowest BCUT2D eigenvalue weighted by molar-refractivity contribution is -0.150. The molecule has 104 valence electrons. The van der Waals surface area contributed by atoms with Crippen LogP contribution >= 0.6 is 0 Å². The van der Waals surface area contributed by atoms with E-state index < -0.39 is 11.4 Å². The van der Waals surface area contributed by atoms with Crippen molar-refractivity contribution < 1.29 is 9.90 Å². The highest BCUT2D eigenvalue weighted by Gasteiger charge is 2.42. The Morgan fingerprint density at radius 2 is 1.67 bits per heavy atom. The van der Waals surface area contributed by atoms with E-state index in [9.17, 15) is 9.90 Å². The lowest BCUT2D eigenvalue weighted by Gasteiger charge is -2.38. The predicted molar refractivity (Wildman–Crippen MR) is 71.7 cm³/mol. The van der Waals surface area contributed by atoms with Crippen molar-refractivity contribution in [1.29, 1.82) is 0 Å². The quantitative estimate of drug-likeness (QED) is 0.810. The van der Waals surface area contributed by atoms with E-state index in [1.54, 1.807) is 0 Å². The largest absolute Gasteiger partial charge is 0.481 e. The number of aliphatic carboxylic acids is 1. The van der Waals surface area contributed by atoms with Gasteiger partial charge in [-0.2, -0.15) is 0 Å². The van der Waals surface area contributed by atoms with Gasteiger partial charge in [0.15, 0.2) is 0 Å². The van der Waals surface area contributed by atoms with Gasteiger partial charge in [0, 0.05) is 32.7 Å². The summed E-state index contributed by atoms with van der Waals surface area (Å²) in [6.45, 7) is 8.43. The summed E-state index contributed by atoms with van der Waals surface area (Å²) in [5, 5.41) is 9.49. The van der Waals surface area contributed by atoms with E-state index in [4.69, 9.17) is 0 Å². The van der Waals surface area contributed by atoms with Crippen molar-refractivity contribution in [2.45, 2.75) is 39.0 Å². The first-order chi connectivity index (χ1) is 8.66. The molecule has 0 unspecified atom stereocenters. The van der Waals surface area contributed by atoms with E-state index in [1.807, 2.05) is 0 Å². The third-order valence-corrected chi connectivity index (χ3v) is 4.55. The lowest BCUT2D eigenvalue weighted by atomic mass is 9.85. The molecule has 18 heavy (non-hydrogen) atoms. The molecule has 0 spiro atoms. The molecule has 0 amide bonds. The van der Waals surface area contributed by atoms with Gasteiger partial charge in [-0.15, -0.1) is 0 Å². The third-order valence-electron chi connectivity index (χ3n) is 4.55. The minimum Gasteiger partial charge on any atom is -0.481 e. The van der Waals surface area contributed by atoms with Crippen LogP contribution in [0.25, 0.3) is 0 Å². The molecule has 1 saturated carbocycles. The van der Waals surface area contributed by atoms with Crippen molar-refractivity contribution in [3.8, 4) is 0 Å². The fraction of sp³-hybridized carbons (Fsp3) is 0.929. The van der Waals surface area contributed by atoms with Crippen molar-refractivity contribution in [3.63, 3.8) is 0 Å². The maximum absolute atomic E-state index is 11.5. The second-order valence-corrected chi connectivity index (χ2v) is 5.91. The number of rotatable bonds is 5. The van der Waals surface area contributed by atoms with Crippen LogP contribution in [0.3, 0.4) is 0 Å². The van der Waals surface area contributed by atoms with Crippen molar-refractivity contribution in [2.24, 2.45) is 5.41 Å². The van der Waals surface area contributed by atoms with Crippen molar-refractivity contribution in [1.82, 2.24) is 9.80 Å². The van der Waals surface area contributed by atoms with Gasteiger partial charge in [0.2, 0.25) is 0 Å². The number of nitrogens with zero attached hydrogens (tertiary/aromatic N) is 2. The van der Waals surface area contributed by atoms with E-state index in [-0.39, 0.29) is 0 Å². The van der Waals surface area contributed by atoms with Crippen LogP contribution in [0.15, 0.2) is 0 Å². The Balaban J connectivity index is 1.85. The Bertz CT molecular complexity index is 280. The minimum absolute atomic E-state index is 0.438. The molecule has 0 aromatic rings. The average Bonchev–Trinajstić information content (AvgIpc) is 2.82. The van der Waals surface area contributed by atoms with E-state index in [0.29, 0.717) is 0 Å². The number of hydrogen-bond donors (Lipinski definition) is 1. The Hall–Kier alpha value is -0.610. The Morgan fingerprint density at radius 1 is 1.11 bits per heavy atom. The highest BCUT2D eigenvalue weighted by Crippen LogP contribution is 2.39. The molecule has 1 heterocycles. The molecule has 0 aromatic heterocycles. The van der Waals surface area contributed by atoms with Crippen LogP contribution in [-0.4, -0.2) is 60.1 Å². The molecule has 1 N–H and O–H groups in total. The van der Waals surface area contributed by atoms with Crippen LogP contribution in [-0.2, 0) is 4.79 Å². The molecule has 4 nitrogen and oxygen atoms in total. The van der Waals surface area contributed by atoms with Crippen molar-refractivity contribution >= 4 is 5.97 Å². The molecule has 0 bridgehead atoms. The second-order valence-electron chi connectivity index (χ2n) is 5.91. The van der Waals surface area contributed by atoms with E-state index >= 15 is 0 Å². The fourth-order valence-corrected chi connectivity index (χ4v) is 3.41. The van der Waals surface area contributed by atoms with Crippen LogP contribution < -0.4 is 0 Å². The molecular formula is C14H26N2O2. The van der Waals surface area contributed by atoms with Gasteiger partial charge in [-0.1, -0.05) is 19.8 Å². The molecule has 4 heteroatoms. The molecule has 0 atom stereocenters. The molecule has 2 aliphatic rings. The topological polar surface area (TPSA) is 43.8 Å². The SMILES string of the molecule is CCCN1CCN(CC2(C(=O)O)CCCC2)CC1. The zero-order chi connectivity index (χ0) is 13.0. The normalized spacial score (nSPS) is 25.4. The third kappa shape index (κ3) is 3.04. The maximum Gasteiger partial charge on any atom is 0.310 e. The maximum atomic E-state index is 11.5. The highest BCUT2D eigenvalue weighted by molar-refractivity contribution is 5.75. The van der Waals surface area contributed by atoms with Gasteiger partial charge in [-0.25, -0.2) is 0 Å². The summed E-state index contributed by atoms with van der Waals surface area (Å²) in [4.78, 5) is 16.4.